The maximum atomic E-state index is 5.42. The molecule has 1 aromatic rings. The smallest absolute Gasteiger partial charge is 0.220 e. The lowest BCUT2D eigenvalue weighted by Gasteiger charge is -2.02. The largest absolute Gasteiger partial charge is 0.368 e. The number of aryl methyl sites for hydroxylation is 1. The minimum absolute atomic E-state index is 0.355. The molecule has 0 atom stereocenters. The Kier molecular flexibility index (Phi) is 3.34. The zero-order chi connectivity index (χ0) is 8.97. The van der Waals surface area contributed by atoms with E-state index in [1.54, 1.807) is 18.0 Å². The van der Waals surface area contributed by atoms with E-state index in [1.165, 1.54) is 0 Å². The van der Waals surface area contributed by atoms with Gasteiger partial charge in [-0.2, -0.15) is 0 Å². The van der Waals surface area contributed by atoms with E-state index in [2.05, 4.69) is 16.9 Å². The molecule has 0 unspecified atom stereocenters. The standard InChI is InChI=1S/C8H13N3S/c1-3-4-12-7-5-10-8(9)11-6(7)2/h5H,3-4H2,1-2H3,(H2,9,10,11). The Bertz CT molecular complexity index is 262. The van der Waals surface area contributed by atoms with Crippen LogP contribution in [0.1, 0.15) is 19.0 Å². The molecular weight excluding hydrogens is 170 g/mol. The van der Waals surface area contributed by atoms with Crippen LogP contribution in [0.25, 0.3) is 0 Å². The molecule has 0 saturated carbocycles. The Hall–Kier alpha value is -0.770. The predicted octanol–water partition coefficient (Wildman–Crippen LogP) is 1.87. The monoisotopic (exact) mass is 183 g/mol. The summed E-state index contributed by atoms with van der Waals surface area (Å²) in [5.41, 5.74) is 6.40. The normalized spacial score (nSPS) is 10.2. The summed E-state index contributed by atoms with van der Waals surface area (Å²) in [6.07, 6.45) is 2.95. The van der Waals surface area contributed by atoms with Crippen LogP contribution < -0.4 is 5.73 Å². The number of nitrogen functional groups attached to an aromatic ring is 1. The second-order valence-electron chi connectivity index (χ2n) is 2.53. The first-order chi connectivity index (χ1) is 5.74. The summed E-state index contributed by atoms with van der Waals surface area (Å²) in [5.74, 6) is 1.46. The number of nitrogens with zero attached hydrogens (tertiary/aromatic N) is 2. The summed E-state index contributed by atoms with van der Waals surface area (Å²) >= 11 is 1.78. The van der Waals surface area contributed by atoms with E-state index in [0.29, 0.717) is 5.95 Å². The van der Waals surface area contributed by atoms with Gasteiger partial charge in [-0.25, -0.2) is 9.97 Å². The molecule has 0 aliphatic rings. The topological polar surface area (TPSA) is 51.8 Å². The average molecular weight is 183 g/mol. The molecule has 3 nitrogen and oxygen atoms in total. The van der Waals surface area contributed by atoms with Crippen LogP contribution in [0.15, 0.2) is 11.1 Å². The third-order valence-corrected chi connectivity index (χ3v) is 2.74. The van der Waals surface area contributed by atoms with Crippen molar-refractivity contribution in [3.05, 3.63) is 11.9 Å². The summed E-state index contributed by atoms with van der Waals surface area (Å²) in [6, 6.07) is 0. The minimum atomic E-state index is 0.355. The number of anilines is 1. The fraction of sp³-hybridized carbons (Fsp3) is 0.500. The van der Waals surface area contributed by atoms with Gasteiger partial charge in [-0.1, -0.05) is 6.92 Å². The van der Waals surface area contributed by atoms with Gasteiger partial charge in [0.15, 0.2) is 0 Å². The highest BCUT2D eigenvalue weighted by molar-refractivity contribution is 7.99. The molecule has 2 N–H and O–H groups in total. The molecule has 1 rings (SSSR count). The summed E-state index contributed by atoms with van der Waals surface area (Å²) in [7, 11) is 0. The average Bonchev–Trinajstić information content (AvgIpc) is 2.03. The molecule has 4 heteroatoms. The molecule has 1 aromatic heterocycles. The van der Waals surface area contributed by atoms with Crippen molar-refractivity contribution in [1.82, 2.24) is 9.97 Å². The second-order valence-corrected chi connectivity index (χ2v) is 3.66. The van der Waals surface area contributed by atoms with Crippen LogP contribution in [0.2, 0.25) is 0 Å². The minimum Gasteiger partial charge on any atom is -0.368 e. The van der Waals surface area contributed by atoms with Gasteiger partial charge in [-0.05, 0) is 19.1 Å². The molecule has 66 valence electrons. The molecule has 1 heterocycles. The van der Waals surface area contributed by atoms with E-state index in [0.717, 1.165) is 22.8 Å². The first-order valence-electron chi connectivity index (χ1n) is 3.96. The molecule has 0 bridgehead atoms. The number of aromatic nitrogens is 2. The van der Waals surface area contributed by atoms with E-state index < -0.39 is 0 Å². The van der Waals surface area contributed by atoms with E-state index in [4.69, 9.17) is 5.73 Å². The fourth-order valence-electron chi connectivity index (χ4n) is 0.828. The molecule has 0 fully saturated rings. The van der Waals surface area contributed by atoms with Crippen molar-refractivity contribution in [2.45, 2.75) is 25.2 Å². The van der Waals surface area contributed by atoms with Crippen molar-refractivity contribution in [1.29, 1.82) is 0 Å². The van der Waals surface area contributed by atoms with Crippen LogP contribution >= 0.6 is 11.8 Å². The lowest BCUT2D eigenvalue weighted by molar-refractivity contribution is 1.03. The highest BCUT2D eigenvalue weighted by atomic mass is 32.2. The van der Waals surface area contributed by atoms with Crippen LogP contribution in [0.5, 0.6) is 0 Å². The summed E-state index contributed by atoms with van der Waals surface area (Å²) in [4.78, 5) is 9.14. The fourth-order valence-corrected chi connectivity index (χ4v) is 1.63. The number of nitrogens with two attached hydrogens (primary N) is 1. The number of hydrogen-bond donors (Lipinski definition) is 1. The lowest BCUT2D eigenvalue weighted by Crippen LogP contribution is -1.97. The predicted molar refractivity (Wildman–Crippen MR) is 52.2 cm³/mol. The number of rotatable bonds is 3. The third-order valence-electron chi connectivity index (χ3n) is 1.41. The highest BCUT2D eigenvalue weighted by Crippen LogP contribution is 2.20. The van der Waals surface area contributed by atoms with Gasteiger partial charge in [-0.15, -0.1) is 11.8 Å². The summed E-state index contributed by atoms with van der Waals surface area (Å²) in [5, 5.41) is 0. The van der Waals surface area contributed by atoms with Crippen molar-refractivity contribution < 1.29 is 0 Å². The Morgan fingerprint density at radius 1 is 1.58 bits per heavy atom. The summed E-state index contributed by atoms with van der Waals surface area (Å²) in [6.45, 7) is 4.11. The zero-order valence-corrected chi connectivity index (χ0v) is 8.19. The molecule has 0 aliphatic carbocycles. The van der Waals surface area contributed by atoms with Gasteiger partial charge in [0.2, 0.25) is 5.95 Å². The molecule has 12 heavy (non-hydrogen) atoms. The molecule has 0 saturated heterocycles. The maximum absolute atomic E-state index is 5.42. The van der Waals surface area contributed by atoms with Crippen LogP contribution in [0.4, 0.5) is 5.95 Å². The molecule has 0 amide bonds. The van der Waals surface area contributed by atoms with Gasteiger partial charge < -0.3 is 5.73 Å². The zero-order valence-electron chi connectivity index (χ0n) is 7.37. The SMILES string of the molecule is CCCSc1cnc(N)nc1C. The van der Waals surface area contributed by atoms with E-state index in [9.17, 15) is 0 Å². The van der Waals surface area contributed by atoms with Crippen molar-refractivity contribution in [2.75, 3.05) is 11.5 Å². The van der Waals surface area contributed by atoms with E-state index >= 15 is 0 Å². The van der Waals surface area contributed by atoms with Gasteiger partial charge in [0.05, 0.1) is 5.69 Å². The molecule has 0 aromatic carbocycles. The van der Waals surface area contributed by atoms with Crippen molar-refractivity contribution in [3.8, 4) is 0 Å². The highest BCUT2D eigenvalue weighted by Gasteiger charge is 2.00. The van der Waals surface area contributed by atoms with Crippen LogP contribution in [-0.4, -0.2) is 15.7 Å². The van der Waals surface area contributed by atoms with Gasteiger partial charge in [0.25, 0.3) is 0 Å². The Labute approximate surface area is 76.8 Å². The van der Waals surface area contributed by atoms with E-state index in [1.807, 2.05) is 6.92 Å². The first-order valence-corrected chi connectivity index (χ1v) is 4.94. The first kappa shape index (κ1) is 9.32. The quantitative estimate of drug-likeness (QED) is 0.727. The van der Waals surface area contributed by atoms with Crippen LogP contribution in [0, 0.1) is 6.92 Å². The maximum Gasteiger partial charge on any atom is 0.220 e. The van der Waals surface area contributed by atoms with Gasteiger partial charge in [0.1, 0.15) is 0 Å². The number of thioether (sulfide) groups is 1. The van der Waals surface area contributed by atoms with Crippen LogP contribution in [0.3, 0.4) is 0 Å². The van der Waals surface area contributed by atoms with Gasteiger partial charge in [0, 0.05) is 11.1 Å². The van der Waals surface area contributed by atoms with Crippen molar-refractivity contribution in [3.63, 3.8) is 0 Å². The second kappa shape index (κ2) is 4.30. The van der Waals surface area contributed by atoms with Gasteiger partial charge >= 0.3 is 0 Å². The molecule has 0 radical (unpaired) electrons. The third kappa shape index (κ3) is 2.37. The molecular formula is C8H13N3S. The number of hydrogen-bond acceptors (Lipinski definition) is 4. The Morgan fingerprint density at radius 2 is 2.33 bits per heavy atom. The van der Waals surface area contributed by atoms with Crippen molar-refractivity contribution in [2.24, 2.45) is 0 Å². The lowest BCUT2D eigenvalue weighted by atomic mass is 10.4. The van der Waals surface area contributed by atoms with Crippen molar-refractivity contribution >= 4 is 17.7 Å². The summed E-state index contributed by atoms with van der Waals surface area (Å²) < 4.78 is 0. The molecule has 0 spiro atoms. The van der Waals surface area contributed by atoms with Crippen LogP contribution in [-0.2, 0) is 0 Å². The van der Waals surface area contributed by atoms with E-state index in [-0.39, 0.29) is 0 Å². The Morgan fingerprint density at radius 3 is 2.92 bits per heavy atom. The molecule has 0 aliphatic heterocycles. The van der Waals surface area contributed by atoms with Gasteiger partial charge in [-0.3, -0.25) is 0 Å². The Balaban J connectivity index is 2.72.